The summed E-state index contributed by atoms with van der Waals surface area (Å²) < 4.78 is 34.4. The molecule has 33 heavy (non-hydrogen) atoms. The Kier molecular flexibility index (Phi) is 6.50. The Hall–Kier alpha value is -3.59. The molecular weight excluding hydrogens is 430 g/mol. The van der Waals surface area contributed by atoms with E-state index in [1.54, 1.807) is 36.1 Å². The summed E-state index contributed by atoms with van der Waals surface area (Å²) in [5.41, 5.74) is 0.663. The SMILES string of the molecule is COc1ccc(CN2CCN(C(=O)c3nn(-c4ccccc4F)c(C)cc3=O)CC2)cc1F. The molecule has 4 rings (SSSR count). The molecule has 0 aliphatic carbocycles. The molecule has 172 valence electrons. The van der Waals surface area contributed by atoms with Gasteiger partial charge in [-0.05, 0) is 36.8 Å². The highest BCUT2D eigenvalue weighted by molar-refractivity contribution is 5.92. The molecule has 1 amide bonds. The Bertz CT molecular complexity index is 1240. The first kappa shape index (κ1) is 22.6. The molecule has 9 heteroatoms. The fourth-order valence-corrected chi connectivity index (χ4v) is 3.89. The molecule has 1 saturated heterocycles. The van der Waals surface area contributed by atoms with Crippen LogP contribution in [0.4, 0.5) is 8.78 Å². The smallest absolute Gasteiger partial charge is 0.278 e. The number of hydrogen-bond acceptors (Lipinski definition) is 5. The van der Waals surface area contributed by atoms with Crippen molar-refractivity contribution in [2.24, 2.45) is 0 Å². The second-order valence-electron chi connectivity index (χ2n) is 7.90. The van der Waals surface area contributed by atoms with E-state index in [9.17, 15) is 18.4 Å². The molecule has 0 radical (unpaired) electrons. The Morgan fingerprint density at radius 1 is 1.03 bits per heavy atom. The van der Waals surface area contributed by atoms with Gasteiger partial charge < -0.3 is 9.64 Å². The molecule has 7 nitrogen and oxygen atoms in total. The number of aryl methyl sites for hydroxylation is 1. The number of amides is 1. The zero-order chi connectivity index (χ0) is 23.5. The summed E-state index contributed by atoms with van der Waals surface area (Å²) in [4.78, 5) is 29.2. The summed E-state index contributed by atoms with van der Waals surface area (Å²) in [7, 11) is 1.42. The molecule has 0 atom stereocenters. The molecule has 2 aromatic carbocycles. The van der Waals surface area contributed by atoms with Crippen LogP contribution in [0.3, 0.4) is 0 Å². The Labute approximate surface area is 189 Å². The number of aromatic nitrogens is 2. The monoisotopic (exact) mass is 454 g/mol. The van der Waals surface area contributed by atoms with Crippen molar-refractivity contribution in [2.75, 3.05) is 33.3 Å². The van der Waals surface area contributed by atoms with Crippen LogP contribution in [0.15, 0.2) is 53.3 Å². The first-order chi connectivity index (χ1) is 15.9. The van der Waals surface area contributed by atoms with Gasteiger partial charge in [0.2, 0.25) is 5.43 Å². The Balaban J connectivity index is 1.47. The van der Waals surface area contributed by atoms with Crippen LogP contribution in [0.25, 0.3) is 5.69 Å². The summed E-state index contributed by atoms with van der Waals surface area (Å²) >= 11 is 0. The van der Waals surface area contributed by atoms with Crippen molar-refractivity contribution in [1.29, 1.82) is 0 Å². The van der Waals surface area contributed by atoms with Gasteiger partial charge in [0.1, 0.15) is 11.5 Å². The van der Waals surface area contributed by atoms with Crippen LogP contribution in [0.1, 0.15) is 21.7 Å². The molecule has 0 saturated carbocycles. The van der Waals surface area contributed by atoms with E-state index in [-0.39, 0.29) is 17.1 Å². The van der Waals surface area contributed by atoms with Gasteiger partial charge in [0, 0.05) is 44.5 Å². The van der Waals surface area contributed by atoms with Gasteiger partial charge in [-0.25, -0.2) is 13.5 Å². The quantitative estimate of drug-likeness (QED) is 0.593. The van der Waals surface area contributed by atoms with Crippen molar-refractivity contribution in [3.05, 3.63) is 87.3 Å². The molecular formula is C24H24F2N4O3. The van der Waals surface area contributed by atoms with Crippen molar-refractivity contribution in [3.8, 4) is 11.4 Å². The third-order valence-electron chi connectivity index (χ3n) is 5.67. The highest BCUT2D eigenvalue weighted by Crippen LogP contribution is 2.19. The number of hydrogen-bond donors (Lipinski definition) is 0. The number of piperazine rings is 1. The Morgan fingerprint density at radius 2 is 1.76 bits per heavy atom. The maximum atomic E-state index is 14.3. The zero-order valence-electron chi connectivity index (χ0n) is 18.4. The van der Waals surface area contributed by atoms with Gasteiger partial charge >= 0.3 is 0 Å². The van der Waals surface area contributed by atoms with Crippen molar-refractivity contribution >= 4 is 5.91 Å². The van der Waals surface area contributed by atoms with Crippen LogP contribution in [-0.4, -0.2) is 58.8 Å². The third-order valence-corrected chi connectivity index (χ3v) is 5.67. The van der Waals surface area contributed by atoms with Crippen LogP contribution in [-0.2, 0) is 6.54 Å². The second-order valence-corrected chi connectivity index (χ2v) is 7.90. The summed E-state index contributed by atoms with van der Waals surface area (Å²) in [5, 5.41) is 4.20. The molecule has 0 unspecified atom stereocenters. The van der Waals surface area contributed by atoms with Crippen LogP contribution in [0.2, 0.25) is 0 Å². The maximum absolute atomic E-state index is 14.3. The van der Waals surface area contributed by atoms with Crippen molar-refractivity contribution in [2.45, 2.75) is 13.5 Å². The van der Waals surface area contributed by atoms with Gasteiger partial charge in [-0.3, -0.25) is 14.5 Å². The largest absolute Gasteiger partial charge is 0.494 e. The fourth-order valence-electron chi connectivity index (χ4n) is 3.89. The lowest BCUT2D eigenvalue weighted by Crippen LogP contribution is -2.49. The van der Waals surface area contributed by atoms with E-state index in [0.717, 1.165) is 5.56 Å². The van der Waals surface area contributed by atoms with Gasteiger partial charge in [0.25, 0.3) is 5.91 Å². The number of rotatable bonds is 5. The van der Waals surface area contributed by atoms with E-state index in [0.29, 0.717) is 38.4 Å². The predicted octanol–water partition coefficient (Wildman–Crippen LogP) is 2.79. The maximum Gasteiger partial charge on any atom is 0.278 e. The van der Waals surface area contributed by atoms with Crippen LogP contribution < -0.4 is 10.2 Å². The van der Waals surface area contributed by atoms with Gasteiger partial charge in [-0.1, -0.05) is 18.2 Å². The summed E-state index contributed by atoms with van der Waals surface area (Å²) in [5.74, 6) is -1.21. The van der Waals surface area contributed by atoms with Gasteiger partial charge in [-0.15, -0.1) is 0 Å². The first-order valence-electron chi connectivity index (χ1n) is 10.6. The van der Waals surface area contributed by atoms with Crippen molar-refractivity contribution in [3.63, 3.8) is 0 Å². The second kappa shape index (κ2) is 9.50. The number of methoxy groups -OCH3 is 1. The number of nitrogens with zero attached hydrogens (tertiary/aromatic N) is 4. The molecule has 1 fully saturated rings. The summed E-state index contributed by atoms with van der Waals surface area (Å²) in [6.07, 6.45) is 0. The third kappa shape index (κ3) is 4.78. The molecule has 2 heterocycles. The Morgan fingerprint density at radius 3 is 2.42 bits per heavy atom. The molecule has 0 bridgehead atoms. The lowest BCUT2D eigenvalue weighted by molar-refractivity contribution is 0.0619. The predicted molar refractivity (Wildman–Crippen MR) is 119 cm³/mol. The van der Waals surface area contributed by atoms with Gasteiger partial charge in [0.15, 0.2) is 17.3 Å². The fraction of sp³-hybridized carbons (Fsp3) is 0.292. The molecule has 0 N–H and O–H groups in total. The normalized spacial score (nSPS) is 14.4. The van der Waals surface area contributed by atoms with E-state index in [2.05, 4.69) is 10.00 Å². The minimum atomic E-state index is -0.501. The number of benzene rings is 2. The lowest BCUT2D eigenvalue weighted by atomic mass is 10.1. The average molecular weight is 454 g/mol. The molecule has 0 spiro atoms. The zero-order valence-corrected chi connectivity index (χ0v) is 18.4. The average Bonchev–Trinajstić information content (AvgIpc) is 2.80. The van der Waals surface area contributed by atoms with Gasteiger partial charge in [0.05, 0.1) is 7.11 Å². The van der Waals surface area contributed by atoms with E-state index in [1.165, 1.54) is 36.1 Å². The topological polar surface area (TPSA) is 67.7 Å². The number of para-hydroxylation sites is 1. The standard InChI is InChI=1S/C24H24F2N4O3/c1-16-13-21(31)23(27-30(16)20-6-4-3-5-18(20)25)24(32)29-11-9-28(10-12-29)15-17-7-8-22(33-2)19(26)14-17/h3-8,13-14H,9-12,15H2,1-2H3. The minimum Gasteiger partial charge on any atom is -0.494 e. The van der Waals surface area contributed by atoms with Crippen LogP contribution in [0.5, 0.6) is 5.75 Å². The highest BCUT2D eigenvalue weighted by atomic mass is 19.1. The van der Waals surface area contributed by atoms with Crippen LogP contribution >= 0.6 is 0 Å². The molecule has 1 aromatic heterocycles. The molecule has 1 aliphatic heterocycles. The number of halogens is 2. The number of ether oxygens (including phenoxy) is 1. The molecule has 3 aromatic rings. The highest BCUT2D eigenvalue weighted by Gasteiger charge is 2.26. The van der Waals surface area contributed by atoms with Crippen molar-refractivity contribution in [1.82, 2.24) is 19.6 Å². The van der Waals surface area contributed by atoms with E-state index >= 15 is 0 Å². The van der Waals surface area contributed by atoms with Crippen LogP contribution in [0, 0.1) is 18.6 Å². The summed E-state index contributed by atoms with van der Waals surface area (Å²) in [6, 6.07) is 12.2. The molecule has 1 aliphatic rings. The van der Waals surface area contributed by atoms with E-state index in [4.69, 9.17) is 4.74 Å². The van der Waals surface area contributed by atoms with Crippen molar-refractivity contribution < 1.29 is 18.3 Å². The first-order valence-corrected chi connectivity index (χ1v) is 10.6. The van der Waals surface area contributed by atoms with E-state index < -0.39 is 23.0 Å². The van der Waals surface area contributed by atoms with Gasteiger partial charge in [-0.2, -0.15) is 5.10 Å². The number of carbonyl (C=O) groups is 1. The minimum absolute atomic E-state index is 0.167. The van der Waals surface area contributed by atoms with E-state index in [1.807, 2.05) is 0 Å². The number of carbonyl (C=O) groups excluding carboxylic acids is 1. The lowest BCUT2D eigenvalue weighted by Gasteiger charge is -2.34. The summed E-state index contributed by atoms with van der Waals surface area (Å²) in [6.45, 7) is 4.08.